The highest BCUT2D eigenvalue weighted by Gasteiger charge is 2.40. The van der Waals surface area contributed by atoms with Crippen LogP contribution in [0.2, 0.25) is 0 Å². The van der Waals surface area contributed by atoms with Gasteiger partial charge in [-0.15, -0.1) is 0 Å². The van der Waals surface area contributed by atoms with Gasteiger partial charge in [0, 0.05) is 50.1 Å². The van der Waals surface area contributed by atoms with Crippen LogP contribution in [-0.2, 0) is 17.9 Å². The van der Waals surface area contributed by atoms with Crippen molar-refractivity contribution in [1.29, 1.82) is 0 Å². The third kappa shape index (κ3) is 5.33. The van der Waals surface area contributed by atoms with E-state index in [1.807, 2.05) is 44.3 Å². The summed E-state index contributed by atoms with van der Waals surface area (Å²) in [6.45, 7) is 13.0. The van der Waals surface area contributed by atoms with E-state index >= 15 is 0 Å². The number of hydrazine groups is 1. The Morgan fingerprint density at radius 3 is 2.71 bits per heavy atom. The molecule has 3 aromatic rings. The summed E-state index contributed by atoms with van der Waals surface area (Å²) in [5.41, 5.74) is 12.8. The van der Waals surface area contributed by atoms with Gasteiger partial charge < -0.3 is 20.6 Å². The summed E-state index contributed by atoms with van der Waals surface area (Å²) < 4.78 is 5.93. The summed E-state index contributed by atoms with van der Waals surface area (Å²) >= 11 is 0. The minimum atomic E-state index is -1.08. The maximum Gasteiger partial charge on any atom is 0.310 e. The van der Waals surface area contributed by atoms with Crippen LogP contribution in [0.15, 0.2) is 48.8 Å². The molecule has 0 fully saturated rings. The van der Waals surface area contributed by atoms with Crippen molar-refractivity contribution in [2.45, 2.75) is 53.6 Å². The Kier molecular flexibility index (Phi) is 7.94. The second-order valence-electron chi connectivity index (χ2n) is 10.7. The fourth-order valence-corrected chi connectivity index (χ4v) is 5.27. The number of rotatable bonds is 8. The second kappa shape index (κ2) is 11.0. The van der Waals surface area contributed by atoms with Crippen LogP contribution in [0.3, 0.4) is 0 Å². The van der Waals surface area contributed by atoms with Gasteiger partial charge in [0.2, 0.25) is 0 Å². The number of benzene rings is 2. The summed E-state index contributed by atoms with van der Waals surface area (Å²) in [7, 11) is 0. The zero-order valence-electron chi connectivity index (χ0n) is 23.0. The average molecular weight is 518 g/mol. The molecule has 0 spiro atoms. The van der Waals surface area contributed by atoms with Crippen molar-refractivity contribution in [1.82, 2.24) is 9.88 Å². The molecule has 1 aliphatic heterocycles. The van der Waals surface area contributed by atoms with Gasteiger partial charge in [0.15, 0.2) is 0 Å². The third-order valence-corrected chi connectivity index (χ3v) is 7.79. The molecule has 8 heteroatoms. The number of pyridine rings is 1. The predicted molar refractivity (Wildman–Crippen MR) is 151 cm³/mol. The summed E-state index contributed by atoms with van der Waals surface area (Å²) in [5, 5.41) is 11.9. The van der Waals surface area contributed by atoms with Crippen LogP contribution in [0.4, 0.5) is 11.4 Å². The monoisotopic (exact) mass is 517 g/mol. The van der Waals surface area contributed by atoms with Gasteiger partial charge in [-0.1, -0.05) is 24.3 Å². The summed E-state index contributed by atoms with van der Waals surface area (Å²) in [5.74, 6) is 5.74. The molecule has 1 atom stereocenters. The Labute approximate surface area is 225 Å². The van der Waals surface area contributed by atoms with Crippen LogP contribution in [0.5, 0.6) is 5.75 Å². The van der Waals surface area contributed by atoms with Gasteiger partial charge in [0.25, 0.3) is 0 Å². The highest BCUT2D eigenvalue weighted by molar-refractivity contribution is 5.78. The van der Waals surface area contributed by atoms with E-state index < -0.39 is 17.3 Å². The topological polar surface area (TPSA) is 118 Å². The zero-order chi connectivity index (χ0) is 27.6. The van der Waals surface area contributed by atoms with E-state index in [1.165, 1.54) is 0 Å². The van der Waals surface area contributed by atoms with Gasteiger partial charge in [-0.05, 0) is 74.6 Å². The molecule has 0 saturated carbocycles. The van der Waals surface area contributed by atoms with Gasteiger partial charge >= 0.3 is 5.97 Å². The van der Waals surface area contributed by atoms with Crippen LogP contribution < -0.4 is 21.3 Å². The first-order valence-corrected chi connectivity index (χ1v) is 13.1. The lowest BCUT2D eigenvalue weighted by molar-refractivity contribution is -0.147. The van der Waals surface area contributed by atoms with Crippen molar-refractivity contribution in [3.8, 4) is 5.75 Å². The van der Waals surface area contributed by atoms with E-state index in [4.69, 9.17) is 16.3 Å². The van der Waals surface area contributed by atoms with Gasteiger partial charge in [0.1, 0.15) is 12.4 Å². The number of nitrogen functional groups attached to an aromatic ring is 1. The molecule has 0 bridgehead atoms. The number of nitrogens with two attached hydrogens (primary N) is 2. The Bertz CT molecular complexity index is 1320. The highest BCUT2D eigenvalue weighted by Crippen LogP contribution is 2.45. The lowest BCUT2D eigenvalue weighted by Gasteiger charge is -2.34. The van der Waals surface area contributed by atoms with Crippen LogP contribution >= 0.6 is 0 Å². The van der Waals surface area contributed by atoms with Crippen molar-refractivity contribution in [2.24, 2.45) is 11.3 Å². The van der Waals surface area contributed by atoms with Crippen molar-refractivity contribution in [3.05, 3.63) is 82.2 Å². The normalized spacial score (nSPS) is 14.8. The van der Waals surface area contributed by atoms with Crippen LogP contribution in [0, 0.1) is 19.3 Å². The Balaban J connectivity index is 1.75. The van der Waals surface area contributed by atoms with Crippen LogP contribution in [-0.4, -0.2) is 40.7 Å². The number of carbonyl (C=O) groups is 1. The number of carboxylic acid groups (broad SMARTS) is 1. The van der Waals surface area contributed by atoms with Crippen molar-refractivity contribution in [2.75, 3.05) is 30.4 Å². The number of hydrogen-bond acceptors (Lipinski definition) is 7. The number of aromatic nitrogens is 1. The number of aliphatic carboxylic acids is 1. The first kappa shape index (κ1) is 27.4. The van der Waals surface area contributed by atoms with E-state index in [1.54, 1.807) is 25.1 Å². The minimum Gasteiger partial charge on any atom is -0.492 e. The molecule has 1 unspecified atom stereocenters. The highest BCUT2D eigenvalue weighted by atomic mass is 16.5. The smallest absolute Gasteiger partial charge is 0.310 e. The second-order valence-corrected chi connectivity index (χ2v) is 10.7. The number of ether oxygens (including phenoxy) is 1. The third-order valence-electron chi connectivity index (χ3n) is 7.79. The number of anilines is 2. The van der Waals surface area contributed by atoms with Gasteiger partial charge in [-0.2, -0.15) is 0 Å². The summed E-state index contributed by atoms with van der Waals surface area (Å²) in [6, 6.07) is 12.1. The molecule has 0 radical (unpaired) electrons. The Hall–Kier alpha value is -3.62. The SMILES string of the molecule is CCN(N)c1ccc(C(c2ccc(C)c(CN3CCOc4ccncc4C3)c2)C(C)(C)C(=O)O)c(C)c1N. The van der Waals surface area contributed by atoms with Crippen LogP contribution in [0.25, 0.3) is 0 Å². The molecule has 2 heterocycles. The maximum atomic E-state index is 12.6. The molecule has 1 aromatic heterocycles. The average Bonchev–Trinajstić information content (AvgIpc) is 3.09. The van der Waals surface area contributed by atoms with Gasteiger partial charge in [-0.3, -0.25) is 14.7 Å². The molecule has 0 aliphatic carbocycles. The molecule has 1 aliphatic rings. The molecule has 2 aromatic carbocycles. The Morgan fingerprint density at radius 2 is 2.00 bits per heavy atom. The van der Waals surface area contributed by atoms with E-state index in [0.717, 1.165) is 64.5 Å². The molecular weight excluding hydrogens is 478 g/mol. The number of aryl methyl sites for hydroxylation is 1. The number of carboxylic acids is 1. The molecule has 202 valence electrons. The molecular formula is C30H39N5O3. The fraction of sp³-hybridized carbons (Fsp3) is 0.400. The molecule has 8 nitrogen and oxygen atoms in total. The first-order chi connectivity index (χ1) is 18.0. The number of nitrogens with zero attached hydrogens (tertiary/aromatic N) is 3. The zero-order valence-corrected chi connectivity index (χ0v) is 23.0. The van der Waals surface area contributed by atoms with Crippen LogP contribution in [0.1, 0.15) is 60.1 Å². The van der Waals surface area contributed by atoms with Gasteiger partial charge in [-0.25, -0.2) is 5.84 Å². The van der Waals surface area contributed by atoms with Gasteiger partial charge in [0.05, 0.1) is 16.8 Å². The van der Waals surface area contributed by atoms with Crippen molar-refractivity contribution >= 4 is 17.3 Å². The standard InChI is InChI=1S/C30H39N5O3/c1-6-35(32)25-10-9-24(20(3)28(25)31)27(30(4,5)29(36)37)21-8-7-19(2)22(15-21)17-34-13-14-38-26-11-12-33-16-23(26)18-34/h7-12,15-16,27H,6,13-14,17-18,31-32H2,1-5H3,(H,36,37). The molecule has 4 rings (SSSR count). The molecule has 38 heavy (non-hydrogen) atoms. The quantitative estimate of drug-likeness (QED) is 0.225. The largest absolute Gasteiger partial charge is 0.492 e. The summed E-state index contributed by atoms with van der Waals surface area (Å²) in [6.07, 6.45) is 3.61. The van der Waals surface area contributed by atoms with E-state index in [0.29, 0.717) is 18.8 Å². The molecule has 0 amide bonds. The van der Waals surface area contributed by atoms with Crippen molar-refractivity contribution in [3.63, 3.8) is 0 Å². The minimum absolute atomic E-state index is 0.416. The first-order valence-electron chi connectivity index (χ1n) is 13.1. The lowest BCUT2D eigenvalue weighted by Crippen LogP contribution is -2.34. The fourth-order valence-electron chi connectivity index (χ4n) is 5.27. The van der Waals surface area contributed by atoms with Crippen molar-refractivity contribution < 1.29 is 14.6 Å². The number of hydrogen-bond donors (Lipinski definition) is 3. The molecule has 5 N–H and O–H groups in total. The van der Waals surface area contributed by atoms with E-state index in [2.05, 4.69) is 28.9 Å². The molecule has 0 saturated heterocycles. The predicted octanol–water partition coefficient (Wildman–Crippen LogP) is 4.62. The number of fused-ring (bicyclic) bond motifs is 1. The summed E-state index contributed by atoms with van der Waals surface area (Å²) in [4.78, 5) is 19.2. The maximum absolute atomic E-state index is 12.6. The van der Waals surface area contributed by atoms with E-state index in [9.17, 15) is 9.90 Å². The lowest BCUT2D eigenvalue weighted by atomic mass is 9.69. The van der Waals surface area contributed by atoms with E-state index in [-0.39, 0.29) is 0 Å². The Morgan fingerprint density at radius 1 is 1.24 bits per heavy atom.